The molecule has 4 rings (SSSR count). The number of rotatable bonds is 29. The van der Waals surface area contributed by atoms with E-state index in [1.807, 2.05) is 30.9 Å². The Bertz CT molecular complexity index is 1920. The molecular weight excluding hydrogens is 894 g/mol. The minimum Gasteiger partial charge on any atom is -0.466 e. The number of amides is 1. The summed E-state index contributed by atoms with van der Waals surface area (Å²) in [5.41, 5.74) is 3.29. The number of nitrogens with zero attached hydrogens (tertiary/aromatic N) is 3. The molecule has 1 aliphatic carbocycles. The zero-order chi connectivity index (χ0) is 47.5. The number of hydrogen-bond acceptors (Lipinski definition) is 11. The van der Waals surface area contributed by atoms with Gasteiger partial charge in [-0.05, 0) is 97.1 Å². The molecule has 0 fully saturated rings. The molecule has 13 nitrogen and oxygen atoms in total. The predicted molar refractivity (Wildman–Crippen MR) is 256 cm³/mol. The van der Waals surface area contributed by atoms with Crippen LogP contribution in [0.25, 0.3) is 16.5 Å². The standard InChI is InChI=1S/C51H76BrN3O10/c1-8-12-14-16-18-26-44(57)63-34-37(35-64-45(58)27-19-17-15-13-9-2)65-47(60)32-51(5,6)31-46(59)62-28-21-20-25-43(56)55-41-24-22-23-38-39-29-36(50(61)54(10-3)11-4)33-53(7)42(39)30-40(48(38)41)49(55)52/h22-24,29,36-37,42H,8-21,25-28,30-35H2,1-7H3/t36-,42?/m1/s1. The van der Waals surface area contributed by atoms with E-state index in [2.05, 4.69) is 53.9 Å². The third kappa shape index (κ3) is 16.1. The Kier molecular flexibility index (Phi) is 22.2. The van der Waals surface area contributed by atoms with Gasteiger partial charge in [0.05, 0.1) is 35.5 Å². The van der Waals surface area contributed by atoms with Gasteiger partial charge in [-0.3, -0.25) is 38.2 Å². The molecule has 0 bridgehead atoms. The van der Waals surface area contributed by atoms with E-state index >= 15 is 0 Å². The van der Waals surface area contributed by atoms with Crippen molar-refractivity contribution in [1.29, 1.82) is 0 Å². The smallest absolute Gasteiger partial charge is 0.306 e. The first-order valence-electron chi connectivity index (χ1n) is 24.4. The Morgan fingerprint density at radius 3 is 1.94 bits per heavy atom. The highest BCUT2D eigenvalue weighted by Crippen LogP contribution is 2.45. The lowest BCUT2D eigenvalue weighted by Gasteiger charge is -2.40. The van der Waals surface area contributed by atoms with Crippen molar-refractivity contribution >= 4 is 68.1 Å². The Hall–Kier alpha value is -4.04. The molecule has 1 aromatic heterocycles. The van der Waals surface area contributed by atoms with Gasteiger partial charge in [0.2, 0.25) is 11.8 Å². The average molecular weight is 971 g/mol. The van der Waals surface area contributed by atoms with Crippen molar-refractivity contribution < 1.29 is 47.7 Å². The van der Waals surface area contributed by atoms with Gasteiger partial charge in [0.25, 0.3) is 0 Å². The molecule has 0 saturated carbocycles. The second-order valence-electron chi connectivity index (χ2n) is 18.6. The summed E-state index contributed by atoms with van der Waals surface area (Å²) in [7, 11) is 2.07. The van der Waals surface area contributed by atoms with E-state index in [-0.39, 0.29) is 75.7 Å². The van der Waals surface area contributed by atoms with Gasteiger partial charge < -0.3 is 23.8 Å². The summed E-state index contributed by atoms with van der Waals surface area (Å²) in [4.78, 5) is 82.4. The Morgan fingerprint density at radius 1 is 0.754 bits per heavy atom. The highest BCUT2D eigenvalue weighted by atomic mass is 79.9. The summed E-state index contributed by atoms with van der Waals surface area (Å²) >= 11 is 3.79. The van der Waals surface area contributed by atoms with Gasteiger partial charge in [-0.25, -0.2) is 0 Å². The normalized spacial score (nSPS) is 15.9. The van der Waals surface area contributed by atoms with Crippen LogP contribution in [0.2, 0.25) is 0 Å². The zero-order valence-corrected chi connectivity index (χ0v) is 41.9. The molecule has 1 amide bonds. The fourth-order valence-electron chi connectivity index (χ4n) is 8.94. The van der Waals surface area contributed by atoms with Crippen molar-refractivity contribution in [2.45, 2.75) is 169 Å². The van der Waals surface area contributed by atoms with E-state index in [0.717, 1.165) is 90.0 Å². The molecule has 1 unspecified atom stereocenters. The quantitative estimate of drug-likeness (QED) is 0.0435. The van der Waals surface area contributed by atoms with Gasteiger partial charge >= 0.3 is 23.9 Å². The molecule has 65 heavy (non-hydrogen) atoms. The number of esters is 4. The van der Waals surface area contributed by atoms with E-state index in [1.54, 1.807) is 18.4 Å². The summed E-state index contributed by atoms with van der Waals surface area (Å²) in [6, 6.07) is 6.12. The van der Waals surface area contributed by atoms with Crippen molar-refractivity contribution in [1.82, 2.24) is 14.4 Å². The molecule has 0 N–H and O–H groups in total. The molecule has 0 saturated heterocycles. The molecule has 14 heteroatoms. The van der Waals surface area contributed by atoms with E-state index in [9.17, 15) is 28.8 Å². The molecular formula is C51H76BrN3O10. The maximum absolute atomic E-state index is 13.8. The number of unbranched alkanes of at least 4 members (excludes halogenated alkanes) is 9. The Labute approximate surface area is 395 Å². The van der Waals surface area contributed by atoms with Crippen molar-refractivity contribution in [3.8, 4) is 0 Å². The van der Waals surface area contributed by atoms with Crippen LogP contribution in [0.5, 0.6) is 0 Å². The maximum Gasteiger partial charge on any atom is 0.306 e. The molecule has 1 aliphatic heterocycles. The summed E-state index contributed by atoms with van der Waals surface area (Å²) in [5.74, 6) is -2.02. The number of halogens is 1. The first-order valence-corrected chi connectivity index (χ1v) is 25.2. The highest BCUT2D eigenvalue weighted by Gasteiger charge is 2.38. The zero-order valence-electron chi connectivity index (χ0n) is 40.3. The van der Waals surface area contributed by atoms with Crippen LogP contribution in [0.4, 0.5) is 0 Å². The SMILES string of the molecule is CCCCCCCC(=O)OCC(COC(=O)CCCCCCC)OC(=O)CC(C)(C)CC(=O)OCCCCC(=O)n1c(Br)c2c3c(cccc31)C1=C[C@@H](C(=O)N(CC)CC)CN(C)C1C2. The number of likely N-dealkylation sites (N-methyl/N-ethyl adjacent to an activating group) is 1. The van der Waals surface area contributed by atoms with E-state index in [1.165, 1.54) is 0 Å². The van der Waals surface area contributed by atoms with Crippen molar-refractivity contribution in [2.75, 3.05) is 46.5 Å². The third-order valence-electron chi connectivity index (χ3n) is 12.6. The van der Waals surface area contributed by atoms with Gasteiger partial charge in [0.15, 0.2) is 6.10 Å². The van der Waals surface area contributed by atoms with Crippen LogP contribution in [0.15, 0.2) is 28.9 Å². The van der Waals surface area contributed by atoms with Crippen LogP contribution in [0, 0.1) is 11.3 Å². The van der Waals surface area contributed by atoms with Crippen molar-refractivity contribution in [3.63, 3.8) is 0 Å². The lowest BCUT2D eigenvalue weighted by Crippen LogP contribution is -2.47. The van der Waals surface area contributed by atoms with Crippen LogP contribution < -0.4 is 0 Å². The lowest BCUT2D eigenvalue weighted by atomic mass is 9.79. The Balaban J connectivity index is 1.26. The number of fused-ring (bicyclic) bond motifs is 2. The molecule has 2 atom stereocenters. The summed E-state index contributed by atoms with van der Waals surface area (Å²) in [6.45, 7) is 13.4. The van der Waals surface area contributed by atoms with E-state index in [0.29, 0.717) is 45.3 Å². The first-order chi connectivity index (χ1) is 31.1. The number of carbonyl (C=O) groups excluding carboxylic acids is 6. The van der Waals surface area contributed by atoms with Crippen LogP contribution in [0.1, 0.15) is 167 Å². The predicted octanol–water partition coefficient (Wildman–Crippen LogP) is 10.0. The van der Waals surface area contributed by atoms with Gasteiger partial charge in [-0.1, -0.05) is 97.3 Å². The van der Waals surface area contributed by atoms with Crippen LogP contribution >= 0.6 is 15.9 Å². The van der Waals surface area contributed by atoms with Crippen LogP contribution in [0.3, 0.4) is 0 Å². The molecule has 362 valence electrons. The van der Waals surface area contributed by atoms with Crippen LogP contribution in [-0.4, -0.2) is 109 Å². The topological polar surface area (TPSA) is 151 Å². The van der Waals surface area contributed by atoms with Gasteiger partial charge in [-0.2, -0.15) is 0 Å². The minimum atomic E-state index is -0.974. The largest absolute Gasteiger partial charge is 0.466 e. The molecule has 2 aromatic rings. The maximum atomic E-state index is 13.8. The summed E-state index contributed by atoms with van der Waals surface area (Å²) in [5, 5.41) is 1.04. The number of aromatic nitrogens is 1. The van der Waals surface area contributed by atoms with Gasteiger partial charge in [0, 0.05) is 50.3 Å². The fraction of sp³-hybridized carbons (Fsp3) is 0.686. The second kappa shape index (κ2) is 26.9. The Morgan fingerprint density at radius 2 is 1.34 bits per heavy atom. The number of hydrogen-bond donors (Lipinski definition) is 0. The number of benzene rings is 1. The monoisotopic (exact) mass is 969 g/mol. The number of carbonyl (C=O) groups is 6. The summed E-state index contributed by atoms with van der Waals surface area (Å²) < 4.78 is 24.6. The summed E-state index contributed by atoms with van der Waals surface area (Å²) in [6.07, 6.45) is 13.3. The third-order valence-corrected chi connectivity index (χ3v) is 13.4. The molecule has 2 aliphatic rings. The van der Waals surface area contributed by atoms with E-state index in [4.69, 9.17) is 18.9 Å². The molecule has 0 spiro atoms. The fourth-order valence-corrected chi connectivity index (χ4v) is 9.69. The number of ether oxygens (including phenoxy) is 4. The molecule has 0 radical (unpaired) electrons. The van der Waals surface area contributed by atoms with Crippen molar-refractivity contribution in [2.24, 2.45) is 11.3 Å². The second-order valence-corrected chi connectivity index (χ2v) is 19.3. The first kappa shape index (κ1) is 53.6. The van der Waals surface area contributed by atoms with Crippen molar-refractivity contribution in [3.05, 3.63) is 40.0 Å². The van der Waals surface area contributed by atoms with Gasteiger partial charge in [-0.15, -0.1) is 0 Å². The van der Waals surface area contributed by atoms with E-state index < -0.39 is 35.4 Å². The molecule has 2 heterocycles. The average Bonchev–Trinajstić information content (AvgIpc) is 3.55. The molecule has 1 aromatic carbocycles. The lowest BCUT2D eigenvalue weighted by molar-refractivity contribution is -0.168. The minimum absolute atomic E-state index is 0.0455. The van der Waals surface area contributed by atoms with Crippen LogP contribution in [-0.2, 0) is 49.3 Å². The highest BCUT2D eigenvalue weighted by molar-refractivity contribution is 9.10. The van der Waals surface area contributed by atoms with Gasteiger partial charge in [0.1, 0.15) is 13.2 Å².